The molecule has 0 heterocycles. The number of hydrogen-bond acceptors (Lipinski definition) is 7. The maximum absolute atomic E-state index is 12.5. The number of hydrogen-bond donors (Lipinski definition) is 2. The van der Waals surface area contributed by atoms with Crippen LogP contribution in [0.15, 0.2) is 48.6 Å². The predicted molar refractivity (Wildman–Crippen MR) is 215 cm³/mol. The zero-order valence-corrected chi connectivity index (χ0v) is 33.7. The van der Waals surface area contributed by atoms with Gasteiger partial charge in [-0.15, -0.1) is 0 Å². The van der Waals surface area contributed by atoms with Gasteiger partial charge in [0.15, 0.2) is 0 Å². The number of rotatable bonds is 39. The molecule has 0 aromatic rings. The monoisotopic (exact) mass is 740 g/mol. The molecule has 0 aliphatic heterocycles. The molecule has 2 atom stereocenters. The molecule has 0 aliphatic carbocycles. The summed E-state index contributed by atoms with van der Waals surface area (Å²) in [6, 6.07) is 0. The molecule has 0 bridgehead atoms. The van der Waals surface area contributed by atoms with Crippen LogP contribution >= 0.6 is 7.82 Å². The Morgan fingerprint density at radius 1 is 0.608 bits per heavy atom. The van der Waals surface area contributed by atoms with E-state index >= 15 is 0 Å². The number of carbonyl (C=O) groups excluding carboxylic acids is 1. The quantitative estimate of drug-likeness (QED) is 0.0277. The van der Waals surface area contributed by atoms with Crippen LogP contribution in [0, 0.1) is 0 Å². The molecule has 51 heavy (non-hydrogen) atoms. The van der Waals surface area contributed by atoms with Gasteiger partial charge in [-0.1, -0.05) is 165 Å². The van der Waals surface area contributed by atoms with Crippen LogP contribution in [0.1, 0.15) is 174 Å². The van der Waals surface area contributed by atoms with Crippen LogP contribution in [0.2, 0.25) is 0 Å². The van der Waals surface area contributed by atoms with Crippen LogP contribution in [0.5, 0.6) is 0 Å². The van der Waals surface area contributed by atoms with Crippen molar-refractivity contribution in [1.82, 2.24) is 0 Å². The summed E-state index contributed by atoms with van der Waals surface area (Å²) in [5.41, 5.74) is 5.35. The van der Waals surface area contributed by atoms with Crippen LogP contribution in [0.4, 0.5) is 0 Å². The summed E-state index contributed by atoms with van der Waals surface area (Å²) < 4.78 is 33.3. The van der Waals surface area contributed by atoms with Crippen molar-refractivity contribution in [2.24, 2.45) is 5.73 Å². The molecule has 0 aromatic heterocycles. The van der Waals surface area contributed by atoms with E-state index in [0.29, 0.717) is 13.0 Å². The van der Waals surface area contributed by atoms with E-state index < -0.39 is 13.9 Å². The van der Waals surface area contributed by atoms with Crippen LogP contribution < -0.4 is 5.73 Å². The highest BCUT2D eigenvalue weighted by Gasteiger charge is 2.25. The first-order valence-corrected chi connectivity index (χ1v) is 22.1. The zero-order valence-electron chi connectivity index (χ0n) is 32.8. The van der Waals surface area contributed by atoms with Crippen molar-refractivity contribution in [3.8, 4) is 0 Å². The third kappa shape index (κ3) is 39.5. The van der Waals surface area contributed by atoms with E-state index in [4.69, 9.17) is 24.3 Å². The first kappa shape index (κ1) is 49.5. The minimum Gasteiger partial charge on any atom is -0.457 e. The summed E-state index contributed by atoms with van der Waals surface area (Å²) in [6.07, 6.45) is 45.6. The molecule has 0 radical (unpaired) electrons. The topological polar surface area (TPSA) is 117 Å². The van der Waals surface area contributed by atoms with Gasteiger partial charge in [0, 0.05) is 19.6 Å². The van der Waals surface area contributed by atoms with Gasteiger partial charge < -0.3 is 20.1 Å². The lowest BCUT2D eigenvalue weighted by atomic mass is 10.0. The van der Waals surface area contributed by atoms with Crippen molar-refractivity contribution in [3.63, 3.8) is 0 Å². The average Bonchev–Trinajstić information content (AvgIpc) is 3.12. The van der Waals surface area contributed by atoms with Gasteiger partial charge in [-0.2, -0.15) is 0 Å². The van der Waals surface area contributed by atoms with E-state index in [2.05, 4.69) is 62.5 Å². The molecule has 0 fully saturated rings. The van der Waals surface area contributed by atoms with Gasteiger partial charge in [0.2, 0.25) is 0 Å². The zero-order chi connectivity index (χ0) is 37.4. The van der Waals surface area contributed by atoms with E-state index in [0.717, 1.165) is 57.8 Å². The second kappa shape index (κ2) is 39.7. The molecule has 0 amide bonds. The van der Waals surface area contributed by atoms with Crippen molar-refractivity contribution in [3.05, 3.63) is 48.6 Å². The first-order valence-electron chi connectivity index (χ1n) is 20.6. The highest BCUT2D eigenvalue weighted by atomic mass is 31.2. The molecule has 8 nitrogen and oxygen atoms in total. The summed E-state index contributed by atoms with van der Waals surface area (Å²) in [6.45, 7) is 4.79. The Morgan fingerprint density at radius 2 is 1.10 bits per heavy atom. The number of esters is 1. The molecule has 2 unspecified atom stereocenters. The first-order chi connectivity index (χ1) is 24.9. The van der Waals surface area contributed by atoms with Crippen LogP contribution in [-0.4, -0.2) is 49.9 Å². The van der Waals surface area contributed by atoms with E-state index in [1.165, 1.54) is 96.3 Å². The largest absolute Gasteiger partial charge is 0.472 e. The molecular weight excluding hydrogens is 661 g/mol. The minimum atomic E-state index is -4.27. The van der Waals surface area contributed by atoms with Gasteiger partial charge in [0.1, 0.15) is 6.10 Å². The summed E-state index contributed by atoms with van der Waals surface area (Å²) in [5, 5.41) is 0. The highest BCUT2D eigenvalue weighted by molar-refractivity contribution is 7.47. The van der Waals surface area contributed by atoms with Crippen molar-refractivity contribution in [2.45, 2.75) is 180 Å². The van der Waals surface area contributed by atoms with Gasteiger partial charge in [-0.25, -0.2) is 4.57 Å². The molecule has 298 valence electrons. The maximum atomic E-state index is 12.5. The molecule has 0 saturated carbocycles. The van der Waals surface area contributed by atoms with Gasteiger partial charge in [0.05, 0.1) is 19.8 Å². The number of ether oxygens (including phenoxy) is 2. The molecule has 0 aliphatic rings. The lowest BCUT2D eigenvalue weighted by molar-refractivity contribution is -0.154. The number of unbranched alkanes of at least 4 members (excludes halogenated alkanes) is 18. The molecule has 3 N–H and O–H groups in total. The van der Waals surface area contributed by atoms with E-state index in [1.807, 2.05) is 0 Å². The average molecular weight is 740 g/mol. The summed E-state index contributed by atoms with van der Waals surface area (Å²) in [7, 11) is -4.27. The Hall–Kier alpha value is -1.54. The third-order valence-corrected chi connectivity index (χ3v) is 9.49. The van der Waals surface area contributed by atoms with Crippen molar-refractivity contribution >= 4 is 13.8 Å². The minimum absolute atomic E-state index is 0.0966. The number of nitrogens with two attached hydrogens (primary N) is 1. The summed E-state index contributed by atoms with van der Waals surface area (Å²) >= 11 is 0. The third-order valence-electron chi connectivity index (χ3n) is 8.51. The van der Waals surface area contributed by atoms with E-state index in [-0.39, 0.29) is 32.3 Å². The second-order valence-electron chi connectivity index (χ2n) is 13.5. The maximum Gasteiger partial charge on any atom is 0.472 e. The Balaban J connectivity index is 3.96. The van der Waals surface area contributed by atoms with Gasteiger partial charge >= 0.3 is 13.8 Å². The van der Waals surface area contributed by atoms with E-state index in [9.17, 15) is 14.3 Å². The predicted octanol–water partition coefficient (Wildman–Crippen LogP) is 12.0. The van der Waals surface area contributed by atoms with Crippen molar-refractivity contribution < 1.29 is 32.8 Å². The number of carbonyl (C=O) groups is 1. The van der Waals surface area contributed by atoms with Crippen LogP contribution in [-0.2, 0) is 27.9 Å². The Labute approximate surface area is 313 Å². The smallest absolute Gasteiger partial charge is 0.457 e. The Morgan fingerprint density at radius 3 is 1.65 bits per heavy atom. The van der Waals surface area contributed by atoms with Gasteiger partial charge in [0.25, 0.3) is 0 Å². The lowest BCUT2D eigenvalue weighted by Crippen LogP contribution is -2.28. The van der Waals surface area contributed by atoms with Crippen molar-refractivity contribution in [1.29, 1.82) is 0 Å². The van der Waals surface area contributed by atoms with Crippen molar-refractivity contribution in [2.75, 3.05) is 33.0 Å². The molecule has 9 heteroatoms. The fraction of sp³-hybridized carbons (Fsp3) is 0.786. The SMILES string of the molecule is CC/C=C\C/C=C\C/C=C\C/C=C\CCCCCCCCCCCCC(=O)OC(COCCCCCCCCCCC)COP(=O)(O)OCCN. The highest BCUT2D eigenvalue weighted by Crippen LogP contribution is 2.43. The Kier molecular flexibility index (Phi) is 38.5. The second-order valence-corrected chi connectivity index (χ2v) is 14.9. The van der Waals surface area contributed by atoms with E-state index in [1.54, 1.807) is 0 Å². The standard InChI is InChI=1S/C42H78NO7P/c1-3-5-7-9-11-13-14-15-16-17-18-19-20-21-22-23-24-25-26-27-29-31-33-35-42(44)50-41(40-49-51(45,46)48-38-36-43)39-47-37-34-32-30-28-12-10-8-6-4-2/h5,7,11,13,15-16,18-19,41H,3-4,6,8-10,12,14,17,20-40,43H2,1-2H3,(H,45,46)/b7-5-,13-11-,16-15-,19-18-. The summed E-state index contributed by atoms with van der Waals surface area (Å²) in [5.74, 6) is -0.337. The molecular formula is C42H78NO7P. The molecule has 0 rings (SSSR count). The van der Waals surface area contributed by atoms with Gasteiger partial charge in [-0.05, 0) is 51.4 Å². The Bertz CT molecular complexity index is 921. The fourth-order valence-corrected chi connectivity index (χ4v) is 6.28. The van der Waals surface area contributed by atoms with Crippen LogP contribution in [0.25, 0.3) is 0 Å². The normalized spacial score (nSPS) is 14.0. The molecule has 0 spiro atoms. The lowest BCUT2D eigenvalue weighted by Gasteiger charge is -2.20. The van der Waals surface area contributed by atoms with Gasteiger partial charge in [-0.3, -0.25) is 13.8 Å². The molecule has 0 saturated heterocycles. The number of phosphoric acid groups is 1. The summed E-state index contributed by atoms with van der Waals surface area (Å²) in [4.78, 5) is 22.4. The number of allylic oxidation sites excluding steroid dienone is 8. The fourth-order valence-electron chi connectivity index (χ4n) is 5.52. The number of phosphoric ester groups is 1. The molecule has 0 aromatic carbocycles. The van der Waals surface area contributed by atoms with Crippen LogP contribution in [0.3, 0.4) is 0 Å².